The third-order valence-corrected chi connectivity index (χ3v) is 2.92. The Labute approximate surface area is 108 Å². The summed E-state index contributed by atoms with van der Waals surface area (Å²) in [6.07, 6.45) is 1.05. The lowest BCUT2D eigenvalue weighted by molar-refractivity contribution is 0.302. The van der Waals surface area contributed by atoms with Gasteiger partial charge in [0.15, 0.2) is 0 Å². The van der Waals surface area contributed by atoms with Crippen molar-refractivity contribution in [1.29, 1.82) is 0 Å². The third-order valence-electron chi connectivity index (χ3n) is 2.70. The lowest BCUT2D eigenvalue weighted by Crippen LogP contribution is -2.27. The Kier molecular flexibility index (Phi) is 5.38. The van der Waals surface area contributed by atoms with Gasteiger partial charge in [0.25, 0.3) is 0 Å². The summed E-state index contributed by atoms with van der Waals surface area (Å²) in [4.78, 5) is 2.59. The van der Waals surface area contributed by atoms with Crippen molar-refractivity contribution < 1.29 is 5.11 Å². The van der Waals surface area contributed by atoms with E-state index >= 15 is 0 Å². The molecule has 0 atom stereocenters. The molecule has 0 saturated carbocycles. The zero-order valence-electron chi connectivity index (χ0n) is 10.4. The van der Waals surface area contributed by atoms with E-state index in [-0.39, 0.29) is 6.61 Å². The van der Waals surface area contributed by atoms with E-state index in [0.717, 1.165) is 29.8 Å². The van der Waals surface area contributed by atoms with Crippen LogP contribution in [0.5, 0.6) is 0 Å². The Morgan fingerprint density at radius 2 is 2.12 bits per heavy atom. The number of nitrogens with zero attached hydrogens (tertiary/aromatic N) is 1. The van der Waals surface area contributed by atoms with E-state index in [9.17, 15) is 0 Å². The first-order chi connectivity index (χ1) is 8.10. The van der Waals surface area contributed by atoms with Crippen molar-refractivity contribution in [2.45, 2.75) is 20.3 Å². The van der Waals surface area contributed by atoms with E-state index in [0.29, 0.717) is 11.5 Å². The topological polar surface area (TPSA) is 49.5 Å². The van der Waals surface area contributed by atoms with E-state index < -0.39 is 0 Å². The number of hydrogen-bond donors (Lipinski definition) is 2. The summed E-state index contributed by atoms with van der Waals surface area (Å²) >= 11 is 4.99. The van der Waals surface area contributed by atoms with Crippen molar-refractivity contribution in [2.75, 3.05) is 24.6 Å². The first-order valence-electron chi connectivity index (χ1n) is 5.86. The molecule has 0 aromatic heterocycles. The number of benzene rings is 1. The average Bonchev–Trinajstić information content (AvgIpc) is 2.28. The van der Waals surface area contributed by atoms with Crippen LogP contribution in [0, 0.1) is 6.92 Å². The Morgan fingerprint density at radius 3 is 2.59 bits per heavy atom. The predicted molar refractivity (Wildman–Crippen MR) is 76.7 cm³/mol. The Morgan fingerprint density at radius 1 is 1.41 bits per heavy atom. The number of hydrogen-bond acceptors (Lipinski definition) is 3. The van der Waals surface area contributed by atoms with Gasteiger partial charge in [-0.1, -0.05) is 19.1 Å². The first-order valence-corrected chi connectivity index (χ1v) is 6.27. The van der Waals surface area contributed by atoms with Crippen LogP contribution in [-0.2, 0) is 0 Å². The molecule has 4 heteroatoms. The van der Waals surface area contributed by atoms with Crippen molar-refractivity contribution in [2.24, 2.45) is 5.73 Å². The maximum Gasteiger partial charge on any atom is 0.104 e. The average molecular weight is 252 g/mol. The lowest BCUT2D eigenvalue weighted by atomic mass is 10.1. The molecular formula is C13H20N2OS. The molecule has 0 aliphatic carbocycles. The smallest absolute Gasteiger partial charge is 0.104 e. The summed E-state index contributed by atoms with van der Waals surface area (Å²) in [5.74, 6) is 0. The van der Waals surface area contributed by atoms with Gasteiger partial charge in [-0.3, -0.25) is 0 Å². The number of thiocarbonyl (C=S) groups is 1. The molecule has 0 amide bonds. The second-order valence-corrected chi connectivity index (χ2v) is 4.51. The number of aryl methyl sites for hydroxylation is 1. The molecule has 3 N–H and O–H groups in total. The van der Waals surface area contributed by atoms with Crippen LogP contribution in [0.4, 0.5) is 5.69 Å². The van der Waals surface area contributed by atoms with Crippen molar-refractivity contribution in [3.63, 3.8) is 0 Å². The summed E-state index contributed by atoms with van der Waals surface area (Å²) in [5, 5.41) is 9.05. The van der Waals surface area contributed by atoms with E-state index in [2.05, 4.69) is 17.9 Å². The van der Waals surface area contributed by atoms with E-state index in [1.54, 1.807) is 0 Å². The number of nitrogens with two attached hydrogens (primary N) is 1. The summed E-state index contributed by atoms with van der Waals surface area (Å²) < 4.78 is 0. The molecule has 0 saturated heterocycles. The molecule has 94 valence electrons. The fourth-order valence-corrected chi connectivity index (χ4v) is 2.11. The van der Waals surface area contributed by atoms with Gasteiger partial charge in [0.2, 0.25) is 0 Å². The standard InChI is InChI=1S/C13H20N2OS/c1-3-6-15(7-8-16)11-4-5-12(13(14)17)10(2)9-11/h4-5,9,16H,3,6-8H2,1-2H3,(H2,14,17). The molecule has 0 aliphatic rings. The fraction of sp³-hybridized carbons (Fsp3) is 0.462. The van der Waals surface area contributed by atoms with Crippen LogP contribution in [0.25, 0.3) is 0 Å². The van der Waals surface area contributed by atoms with Gasteiger partial charge in [-0.25, -0.2) is 0 Å². The fourth-order valence-electron chi connectivity index (χ4n) is 1.88. The predicted octanol–water partition coefficient (Wildman–Crippen LogP) is 1.84. The highest BCUT2D eigenvalue weighted by molar-refractivity contribution is 7.80. The molecule has 0 aliphatic heterocycles. The van der Waals surface area contributed by atoms with Crippen LogP contribution in [0.15, 0.2) is 18.2 Å². The molecule has 0 unspecified atom stereocenters. The van der Waals surface area contributed by atoms with Gasteiger partial charge in [0.1, 0.15) is 4.99 Å². The second-order valence-electron chi connectivity index (χ2n) is 4.07. The maximum absolute atomic E-state index is 9.05. The first kappa shape index (κ1) is 13.9. The summed E-state index contributed by atoms with van der Waals surface area (Å²) in [6, 6.07) is 6.03. The van der Waals surface area contributed by atoms with Gasteiger partial charge < -0.3 is 15.7 Å². The molecule has 1 aromatic carbocycles. The Bertz CT molecular complexity index is 387. The molecule has 0 spiro atoms. The third kappa shape index (κ3) is 3.68. The molecule has 0 bridgehead atoms. The van der Waals surface area contributed by atoms with Crippen LogP contribution in [0.2, 0.25) is 0 Å². The zero-order chi connectivity index (χ0) is 12.8. The molecule has 0 radical (unpaired) electrons. The summed E-state index contributed by atoms with van der Waals surface area (Å²) in [6.45, 7) is 5.88. The zero-order valence-corrected chi connectivity index (χ0v) is 11.3. The number of rotatable bonds is 6. The van der Waals surface area contributed by atoms with Crippen molar-refractivity contribution in [3.8, 4) is 0 Å². The minimum atomic E-state index is 0.163. The lowest BCUT2D eigenvalue weighted by Gasteiger charge is -2.24. The van der Waals surface area contributed by atoms with E-state index in [1.807, 2.05) is 19.1 Å². The van der Waals surface area contributed by atoms with Gasteiger partial charge in [-0.05, 0) is 37.1 Å². The van der Waals surface area contributed by atoms with Crippen LogP contribution in [0.1, 0.15) is 24.5 Å². The van der Waals surface area contributed by atoms with Crippen molar-refractivity contribution >= 4 is 22.9 Å². The van der Waals surface area contributed by atoms with Crippen LogP contribution < -0.4 is 10.6 Å². The summed E-state index contributed by atoms with van der Waals surface area (Å²) in [7, 11) is 0. The SMILES string of the molecule is CCCN(CCO)c1ccc(C(N)=S)c(C)c1. The largest absolute Gasteiger partial charge is 0.395 e. The van der Waals surface area contributed by atoms with Crippen LogP contribution >= 0.6 is 12.2 Å². The van der Waals surface area contributed by atoms with E-state index in [4.69, 9.17) is 23.1 Å². The minimum Gasteiger partial charge on any atom is -0.395 e. The molecule has 1 aromatic rings. The Balaban J connectivity index is 2.97. The van der Waals surface area contributed by atoms with Gasteiger partial charge in [0, 0.05) is 24.3 Å². The monoisotopic (exact) mass is 252 g/mol. The molecule has 0 fully saturated rings. The number of aliphatic hydroxyl groups is 1. The van der Waals surface area contributed by atoms with Crippen molar-refractivity contribution in [3.05, 3.63) is 29.3 Å². The van der Waals surface area contributed by atoms with Crippen LogP contribution in [0.3, 0.4) is 0 Å². The molecule has 3 nitrogen and oxygen atoms in total. The van der Waals surface area contributed by atoms with E-state index in [1.165, 1.54) is 0 Å². The highest BCUT2D eigenvalue weighted by Gasteiger charge is 2.08. The van der Waals surface area contributed by atoms with Gasteiger partial charge in [0.05, 0.1) is 6.61 Å². The van der Waals surface area contributed by atoms with Gasteiger partial charge in [-0.2, -0.15) is 0 Å². The second kappa shape index (κ2) is 6.57. The highest BCUT2D eigenvalue weighted by atomic mass is 32.1. The number of anilines is 1. The van der Waals surface area contributed by atoms with Gasteiger partial charge >= 0.3 is 0 Å². The molecule has 1 rings (SSSR count). The molecular weight excluding hydrogens is 232 g/mol. The Hall–Kier alpha value is -1.13. The molecule has 17 heavy (non-hydrogen) atoms. The maximum atomic E-state index is 9.05. The quantitative estimate of drug-likeness (QED) is 0.759. The van der Waals surface area contributed by atoms with Crippen LogP contribution in [-0.4, -0.2) is 29.8 Å². The number of aliphatic hydroxyl groups excluding tert-OH is 1. The minimum absolute atomic E-state index is 0.163. The molecule has 0 heterocycles. The van der Waals surface area contributed by atoms with Gasteiger partial charge in [-0.15, -0.1) is 0 Å². The highest BCUT2D eigenvalue weighted by Crippen LogP contribution is 2.19. The van der Waals surface area contributed by atoms with Crippen molar-refractivity contribution in [1.82, 2.24) is 0 Å². The summed E-state index contributed by atoms with van der Waals surface area (Å²) in [5.41, 5.74) is 8.74. The normalized spacial score (nSPS) is 10.3.